The zero-order chi connectivity index (χ0) is 20.2. The fourth-order valence-corrected chi connectivity index (χ4v) is 4.63. The first kappa shape index (κ1) is 19.7. The van der Waals surface area contributed by atoms with Gasteiger partial charge in [-0.05, 0) is 54.5 Å². The molecule has 1 aliphatic heterocycles. The number of aliphatic hydroxyl groups is 1. The number of pyridine rings is 1. The van der Waals surface area contributed by atoms with Crippen LogP contribution in [0.25, 0.3) is 10.8 Å². The van der Waals surface area contributed by atoms with Crippen LogP contribution >= 0.6 is 0 Å². The number of aliphatic hydroxyl groups excluding tert-OH is 1. The highest BCUT2D eigenvalue weighted by molar-refractivity contribution is 5.86. The summed E-state index contributed by atoms with van der Waals surface area (Å²) >= 11 is 0. The van der Waals surface area contributed by atoms with Gasteiger partial charge in [0.2, 0.25) is 0 Å². The van der Waals surface area contributed by atoms with Crippen LogP contribution in [-0.2, 0) is 0 Å². The summed E-state index contributed by atoms with van der Waals surface area (Å²) in [5, 5.41) is 30.6. The second kappa shape index (κ2) is 8.80. The van der Waals surface area contributed by atoms with Crippen molar-refractivity contribution in [2.24, 2.45) is 11.8 Å². The first-order chi connectivity index (χ1) is 14.1. The molecule has 2 heterocycles. The fraction of sp³-hybridized carbons (Fsp3) is 0.375. The topological polar surface area (TPSA) is 76.8 Å². The molecule has 1 aromatic heterocycles. The van der Waals surface area contributed by atoms with Gasteiger partial charge < -0.3 is 15.3 Å². The van der Waals surface area contributed by atoms with Crippen LogP contribution in [-0.4, -0.2) is 44.8 Å². The Morgan fingerprint density at radius 2 is 1.69 bits per heavy atom. The molecule has 2 fully saturated rings. The van der Waals surface area contributed by atoms with Gasteiger partial charge in [0.1, 0.15) is 11.5 Å². The molecule has 1 saturated carbocycles. The highest BCUT2D eigenvalue weighted by Gasteiger charge is 2.36. The van der Waals surface area contributed by atoms with Gasteiger partial charge in [-0.15, -0.1) is 0 Å². The third-order valence-electron chi connectivity index (χ3n) is 6.17. The average Bonchev–Trinajstić information content (AvgIpc) is 3.31. The van der Waals surface area contributed by atoms with Gasteiger partial charge in [-0.25, -0.2) is 0 Å². The highest BCUT2D eigenvalue weighted by atomic mass is 16.3. The van der Waals surface area contributed by atoms with E-state index in [0.29, 0.717) is 5.75 Å². The molecule has 2 aromatic carbocycles. The lowest BCUT2D eigenvalue weighted by Gasteiger charge is -2.21. The van der Waals surface area contributed by atoms with E-state index >= 15 is 0 Å². The lowest BCUT2D eigenvalue weighted by atomic mass is 10.0. The molecule has 1 saturated heterocycles. The van der Waals surface area contributed by atoms with Gasteiger partial charge >= 0.3 is 0 Å². The number of fused-ring (bicyclic) bond motifs is 2. The summed E-state index contributed by atoms with van der Waals surface area (Å²) in [5.41, 5.74) is 0.893. The molecular weight excluding hydrogens is 364 g/mol. The fourth-order valence-electron chi connectivity index (χ4n) is 4.63. The van der Waals surface area contributed by atoms with Crippen LogP contribution < -0.4 is 0 Å². The minimum atomic E-state index is -0.440. The number of hydrogen-bond donors (Lipinski definition) is 3. The van der Waals surface area contributed by atoms with Crippen LogP contribution in [0.5, 0.6) is 11.5 Å². The van der Waals surface area contributed by atoms with E-state index in [1.54, 1.807) is 54.9 Å². The molecule has 0 spiro atoms. The van der Waals surface area contributed by atoms with Gasteiger partial charge in [0.25, 0.3) is 0 Å². The van der Waals surface area contributed by atoms with Crippen molar-refractivity contribution in [1.82, 2.24) is 9.88 Å². The number of rotatable bonds is 3. The maximum absolute atomic E-state index is 10.2. The second-order valence-electron chi connectivity index (χ2n) is 8.15. The van der Waals surface area contributed by atoms with E-state index in [9.17, 15) is 15.3 Å². The number of phenolic OH excluding ortho intramolecular Hbond substituents is 2. The number of nitrogens with zero attached hydrogens (tertiary/aromatic N) is 2. The molecule has 152 valence electrons. The Morgan fingerprint density at radius 3 is 2.38 bits per heavy atom. The third kappa shape index (κ3) is 4.69. The molecule has 1 aliphatic carbocycles. The molecule has 2 aliphatic rings. The predicted molar refractivity (Wildman–Crippen MR) is 114 cm³/mol. The van der Waals surface area contributed by atoms with Gasteiger partial charge in [-0.2, -0.15) is 0 Å². The standard InChI is InChI=1S/C15H21NO2.C9H7NO/c17-14-6-4-11(5-7-14)15(18)10-16-8-12-2-1-3-13(12)9-16;11-9-3-1-2-7-6-10-5-4-8(7)9/h4-7,12-13,15,17-18H,1-3,8-10H2;1-6,11H/t12-,13+,15?;. The third-order valence-corrected chi connectivity index (χ3v) is 6.17. The Kier molecular flexibility index (Phi) is 5.97. The molecule has 1 unspecified atom stereocenters. The zero-order valence-corrected chi connectivity index (χ0v) is 16.5. The van der Waals surface area contributed by atoms with Crippen molar-refractivity contribution in [2.45, 2.75) is 25.4 Å². The van der Waals surface area contributed by atoms with E-state index in [1.807, 2.05) is 6.07 Å². The maximum Gasteiger partial charge on any atom is 0.123 e. The molecule has 0 radical (unpaired) electrons. The predicted octanol–water partition coefficient (Wildman–Crippen LogP) is 4.10. The van der Waals surface area contributed by atoms with E-state index in [-0.39, 0.29) is 5.75 Å². The molecule has 3 aromatic rings. The lowest BCUT2D eigenvalue weighted by molar-refractivity contribution is 0.122. The second-order valence-corrected chi connectivity index (χ2v) is 8.15. The van der Waals surface area contributed by atoms with Crippen molar-refractivity contribution in [3.63, 3.8) is 0 Å². The number of β-amino-alcohol motifs (C(OH)–C–C–N with tert-alkyl or cyclic N) is 1. The number of phenols is 2. The normalized spacial score (nSPS) is 22.1. The van der Waals surface area contributed by atoms with Crippen LogP contribution in [0, 0.1) is 11.8 Å². The zero-order valence-electron chi connectivity index (χ0n) is 16.5. The number of likely N-dealkylation sites (tertiary alicyclic amines) is 1. The van der Waals surface area contributed by atoms with E-state index in [4.69, 9.17) is 0 Å². The van der Waals surface area contributed by atoms with Gasteiger partial charge in [-0.1, -0.05) is 30.7 Å². The molecule has 29 heavy (non-hydrogen) atoms. The molecular formula is C24H28N2O3. The molecule has 0 bridgehead atoms. The minimum absolute atomic E-state index is 0.252. The Hall–Kier alpha value is -2.63. The Balaban J connectivity index is 0.000000159. The van der Waals surface area contributed by atoms with Crippen LogP contribution in [0.2, 0.25) is 0 Å². The van der Waals surface area contributed by atoms with Crippen molar-refractivity contribution in [3.8, 4) is 11.5 Å². The monoisotopic (exact) mass is 392 g/mol. The number of hydrogen-bond acceptors (Lipinski definition) is 5. The summed E-state index contributed by atoms with van der Waals surface area (Å²) in [6.07, 6.45) is 7.10. The van der Waals surface area contributed by atoms with Crippen LogP contribution in [0.1, 0.15) is 30.9 Å². The van der Waals surface area contributed by atoms with Gasteiger partial charge in [-0.3, -0.25) is 9.88 Å². The molecule has 5 heteroatoms. The van der Waals surface area contributed by atoms with E-state index in [1.165, 1.54) is 19.3 Å². The van der Waals surface area contributed by atoms with Crippen molar-refractivity contribution < 1.29 is 15.3 Å². The van der Waals surface area contributed by atoms with Gasteiger partial charge in [0.05, 0.1) is 6.10 Å². The van der Waals surface area contributed by atoms with E-state index in [2.05, 4.69) is 9.88 Å². The smallest absolute Gasteiger partial charge is 0.123 e. The van der Waals surface area contributed by atoms with E-state index in [0.717, 1.165) is 47.8 Å². The summed E-state index contributed by atoms with van der Waals surface area (Å²) in [7, 11) is 0. The largest absolute Gasteiger partial charge is 0.508 e. The van der Waals surface area contributed by atoms with Crippen molar-refractivity contribution in [2.75, 3.05) is 19.6 Å². The first-order valence-corrected chi connectivity index (χ1v) is 10.3. The summed E-state index contributed by atoms with van der Waals surface area (Å²) < 4.78 is 0. The molecule has 0 amide bonds. The van der Waals surface area contributed by atoms with E-state index < -0.39 is 6.10 Å². The number of benzene rings is 2. The van der Waals surface area contributed by atoms with Gasteiger partial charge in [0, 0.05) is 42.8 Å². The SMILES string of the molecule is Oc1ccc(C(O)CN2C[C@H]3CCC[C@H]3C2)cc1.Oc1cccc2cnccc12. The molecule has 5 nitrogen and oxygen atoms in total. The maximum atomic E-state index is 10.2. The quantitative estimate of drug-likeness (QED) is 0.626. The molecule has 5 rings (SSSR count). The highest BCUT2D eigenvalue weighted by Crippen LogP contribution is 2.38. The summed E-state index contributed by atoms with van der Waals surface area (Å²) in [6.45, 7) is 3.03. The van der Waals surface area contributed by atoms with Crippen LogP contribution in [0.15, 0.2) is 60.9 Å². The van der Waals surface area contributed by atoms with Crippen molar-refractivity contribution in [3.05, 3.63) is 66.5 Å². The number of aromatic nitrogens is 1. The van der Waals surface area contributed by atoms with Crippen molar-refractivity contribution >= 4 is 10.8 Å². The minimum Gasteiger partial charge on any atom is -0.508 e. The summed E-state index contributed by atoms with van der Waals surface area (Å²) in [5.74, 6) is 2.31. The van der Waals surface area contributed by atoms with Crippen molar-refractivity contribution in [1.29, 1.82) is 0 Å². The Labute approximate surface area is 171 Å². The molecule has 3 N–H and O–H groups in total. The van der Waals surface area contributed by atoms with Gasteiger partial charge in [0.15, 0.2) is 0 Å². The summed E-state index contributed by atoms with van der Waals surface area (Å²) in [6, 6.07) is 14.1. The average molecular weight is 392 g/mol. The first-order valence-electron chi connectivity index (χ1n) is 10.3. The lowest BCUT2D eigenvalue weighted by Crippen LogP contribution is -2.27. The van der Waals surface area contributed by atoms with Crippen LogP contribution in [0.4, 0.5) is 0 Å². The molecule has 3 atom stereocenters. The Bertz CT molecular complexity index is 927. The van der Waals surface area contributed by atoms with Crippen LogP contribution in [0.3, 0.4) is 0 Å². The Morgan fingerprint density at radius 1 is 0.966 bits per heavy atom. The number of aromatic hydroxyl groups is 2. The summed E-state index contributed by atoms with van der Waals surface area (Å²) in [4.78, 5) is 6.34.